The van der Waals surface area contributed by atoms with Crippen molar-refractivity contribution in [3.8, 4) is 0 Å². The molecule has 0 saturated carbocycles. The van der Waals surface area contributed by atoms with Gasteiger partial charge in [0.25, 0.3) is 0 Å². The minimum Gasteiger partial charge on any atom is -0.462 e. The molecule has 0 aliphatic carbocycles. The Kier molecular flexibility index (Phi) is 44.5. The average Bonchev–Trinajstić information content (AvgIpc) is 3.23. The molecule has 0 heterocycles. The lowest BCUT2D eigenvalue weighted by Crippen LogP contribution is -2.30. The average molecular weight is 821 g/mol. The van der Waals surface area contributed by atoms with Crippen molar-refractivity contribution in [1.29, 1.82) is 0 Å². The van der Waals surface area contributed by atoms with Crippen LogP contribution in [0.25, 0.3) is 0 Å². The number of carbonyl (C=O) groups is 3. The summed E-state index contributed by atoms with van der Waals surface area (Å²) in [5.74, 6) is -1.00. The number of ether oxygens (including phenoxy) is 3. The maximum atomic E-state index is 12.7. The lowest BCUT2D eigenvalue weighted by molar-refractivity contribution is -0.167. The third kappa shape index (κ3) is 45.5. The molecule has 0 radical (unpaired) electrons. The first-order chi connectivity index (χ1) is 29.0. The van der Waals surface area contributed by atoms with Gasteiger partial charge in [-0.1, -0.05) is 164 Å². The van der Waals surface area contributed by atoms with Gasteiger partial charge in [0.15, 0.2) is 6.10 Å². The summed E-state index contributed by atoms with van der Waals surface area (Å²) in [6.45, 7) is 6.45. The van der Waals surface area contributed by atoms with Crippen molar-refractivity contribution in [3.63, 3.8) is 0 Å². The Morgan fingerprint density at radius 3 is 1.05 bits per heavy atom. The molecule has 0 spiro atoms. The van der Waals surface area contributed by atoms with Crippen molar-refractivity contribution < 1.29 is 28.6 Å². The van der Waals surface area contributed by atoms with E-state index in [1.807, 2.05) is 0 Å². The van der Waals surface area contributed by atoms with Crippen molar-refractivity contribution in [2.45, 2.75) is 219 Å². The fourth-order valence-electron chi connectivity index (χ4n) is 6.14. The first kappa shape index (κ1) is 55.6. The Bertz CT molecular complexity index is 1170. The van der Waals surface area contributed by atoms with E-state index >= 15 is 0 Å². The highest BCUT2D eigenvalue weighted by atomic mass is 16.6. The molecule has 336 valence electrons. The van der Waals surface area contributed by atoms with Gasteiger partial charge in [-0.25, -0.2) is 0 Å². The topological polar surface area (TPSA) is 78.9 Å². The number of allylic oxidation sites excluding steroid dienone is 14. The molecule has 0 unspecified atom stereocenters. The number of hydrogen-bond donors (Lipinski definition) is 0. The van der Waals surface area contributed by atoms with Gasteiger partial charge >= 0.3 is 17.9 Å². The molecule has 6 heteroatoms. The largest absolute Gasteiger partial charge is 0.462 e. The summed E-state index contributed by atoms with van der Waals surface area (Å²) in [5, 5.41) is 0. The first-order valence-electron chi connectivity index (χ1n) is 24.1. The van der Waals surface area contributed by atoms with Crippen LogP contribution in [-0.2, 0) is 28.6 Å². The van der Waals surface area contributed by atoms with Gasteiger partial charge in [0.05, 0.1) is 0 Å². The standard InChI is InChI=1S/C53H88O6/c1-4-7-10-13-16-19-22-24-26-28-31-34-37-40-43-46-52(55)58-49-50(48-57-51(54)45-42-39-36-33-30-21-18-15-12-9-6-3)59-53(56)47-44-41-38-35-32-29-27-25-23-20-17-14-11-8-5-2/h15-20,24-27,31-32,34-35,50H,4-14,21-23,28-30,33,36-49H2,1-3H3/b18-15-,19-16-,20-17-,26-24-,27-25-,34-31-,35-32-/t50-/m0/s1. The fraction of sp³-hybridized carbons (Fsp3) is 0.679. The van der Waals surface area contributed by atoms with Gasteiger partial charge in [0.1, 0.15) is 13.2 Å². The number of hydrogen-bond acceptors (Lipinski definition) is 6. The van der Waals surface area contributed by atoms with E-state index in [0.29, 0.717) is 19.3 Å². The SMILES string of the molecule is CCCC/C=C\CCCCCCCC(=O)OC[C@@H](COC(=O)CCCC/C=C\C/C=C\C/C=C\CCCCC)OC(=O)CCCC/C=C\C/C=C\C/C=C\CCCCC. The van der Waals surface area contributed by atoms with E-state index in [1.54, 1.807) is 0 Å². The van der Waals surface area contributed by atoms with Gasteiger partial charge < -0.3 is 14.2 Å². The molecule has 0 aromatic heterocycles. The second-order valence-electron chi connectivity index (χ2n) is 15.7. The molecule has 0 N–H and O–H groups in total. The van der Waals surface area contributed by atoms with Crippen LogP contribution in [0.4, 0.5) is 0 Å². The third-order valence-electron chi connectivity index (χ3n) is 9.84. The van der Waals surface area contributed by atoms with E-state index < -0.39 is 6.10 Å². The molecule has 0 aromatic rings. The summed E-state index contributed by atoms with van der Waals surface area (Å²) >= 11 is 0. The van der Waals surface area contributed by atoms with Crippen LogP contribution in [0.5, 0.6) is 0 Å². The second kappa shape index (κ2) is 47.3. The van der Waals surface area contributed by atoms with E-state index in [9.17, 15) is 14.4 Å². The molecule has 0 aromatic carbocycles. The lowest BCUT2D eigenvalue weighted by Gasteiger charge is -2.18. The molecule has 1 atom stereocenters. The zero-order chi connectivity index (χ0) is 43.0. The van der Waals surface area contributed by atoms with Gasteiger partial charge in [-0.2, -0.15) is 0 Å². The summed E-state index contributed by atoms with van der Waals surface area (Å²) in [5.41, 5.74) is 0. The van der Waals surface area contributed by atoms with Gasteiger partial charge in [-0.05, 0) is 116 Å². The summed E-state index contributed by atoms with van der Waals surface area (Å²) in [6, 6.07) is 0. The van der Waals surface area contributed by atoms with Crippen LogP contribution < -0.4 is 0 Å². The molecule has 0 fully saturated rings. The Labute approximate surface area is 363 Å². The van der Waals surface area contributed by atoms with Crippen LogP contribution in [-0.4, -0.2) is 37.2 Å². The minimum absolute atomic E-state index is 0.110. The summed E-state index contributed by atoms with van der Waals surface area (Å²) in [4.78, 5) is 37.8. The van der Waals surface area contributed by atoms with Crippen molar-refractivity contribution in [2.24, 2.45) is 0 Å². The highest BCUT2D eigenvalue weighted by Crippen LogP contribution is 2.11. The highest BCUT2D eigenvalue weighted by Gasteiger charge is 2.19. The Morgan fingerprint density at radius 2 is 0.627 bits per heavy atom. The van der Waals surface area contributed by atoms with E-state index in [-0.39, 0.29) is 37.5 Å². The van der Waals surface area contributed by atoms with Crippen LogP contribution in [0.1, 0.15) is 213 Å². The molecule has 59 heavy (non-hydrogen) atoms. The molecule has 0 aliphatic heterocycles. The molecule has 0 bridgehead atoms. The Balaban J connectivity index is 4.53. The van der Waals surface area contributed by atoms with Gasteiger partial charge in [0, 0.05) is 19.3 Å². The zero-order valence-electron chi connectivity index (χ0n) is 38.2. The van der Waals surface area contributed by atoms with E-state index in [4.69, 9.17) is 14.2 Å². The molecule has 0 amide bonds. The lowest BCUT2D eigenvalue weighted by atomic mass is 10.1. The van der Waals surface area contributed by atoms with Crippen LogP contribution in [0.15, 0.2) is 85.1 Å². The fourth-order valence-corrected chi connectivity index (χ4v) is 6.14. The quantitative estimate of drug-likeness (QED) is 0.0264. The maximum Gasteiger partial charge on any atom is 0.306 e. The Morgan fingerprint density at radius 1 is 0.339 bits per heavy atom. The smallest absolute Gasteiger partial charge is 0.306 e. The molecule has 0 aliphatic rings. The molecule has 0 rings (SSSR count). The number of rotatable bonds is 42. The van der Waals surface area contributed by atoms with E-state index in [0.717, 1.165) is 89.9 Å². The number of unbranched alkanes of at least 4 members (excludes halogenated alkanes) is 17. The van der Waals surface area contributed by atoms with Crippen molar-refractivity contribution >= 4 is 17.9 Å². The monoisotopic (exact) mass is 821 g/mol. The maximum absolute atomic E-state index is 12.7. The van der Waals surface area contributed by atoms with E-state index in [1.165, 1.54) is 77.0 Å². The highest BCUT2D eigenvalue weighted by molar-refractivity contribution is 5.71. The summed E-state index contributed by atoms with van der Waals surface area (Å²) < 4.78 is 16.7. The van der Waals surface area contributed by atoms with Gasteiger partial charge in [-0.15, -0.1) is 0 Å². The first-order valence-corrected chi connectivity index (χ1v) is 24.1. The third-order valence-corrected chi connectivity index (χ3v) is 9.84. The van der Waals surface area contributed by atoms with Crippen LogP contribution in [0.2, 0.25) is 0 Å². The van der Waals surface area contributed by atoms with Crippen LogP contribution >= 0.6 is 0 Å². The molecule has 0 saturated heterocycles. The molecular formula is C53H88O6. The van der Waals surface area contributed by atoms with Crippen molar-refractivity contribution in [2.75, 3.05) is 13.2 Å². The number of esters is 3. The van der Waals surface area contributed by atoms with E-state index in [2.05, 4.69) is 106 Å². The van der Waals surface area contributed by atoms with Gasteiger partial charge in [-0.3, -0.25) is 14.4 Å². The summed E-state index contributed by atoms with van der Waals surface area (Å²) in [7, 11) is 0. The zero-order valence-corrected chi connectivity index (χ0v) is 38.2. The number of carbonyl (C=O) groups excluding carboxylic acids is 3. The summed E-state index contributed by atoms with van der Waals surface area (Å²) in [6.07, 6.45) is 59.9. The van der Waals surface area contributed by atoms with Crippen molar-refractivity contribution in [3.05, 3.63) is 85.1 Å². The predicted molar refractivity (Wildman–Crippen MR) is 251 cm³/mol. The van der Waals surface area contributed by atoms with Gasteiger partial charge in [0.2, 0.25) is 0 Å². The minimum atomic E-state index is -0.814. The normalized spacial score (nSPS) is 12.8. The molecular weight excluding hydrogens is 733 g/mol. The van der Waals surface area contributed by atoms with Crippen molar-refractivity contribution in [1.82, 2.24) is 0 Å². The second-order valence-corrected chi connectivity index (χ2v) is 15.7. The Hall–Kier alpha value is -3.41. The van der Waals surface area contributed by atoms with Crippen LogP contribution in [0, 0.1) is 0 Å². The van der Waals surface area contributed by atoms with Crippen LogP contribution in [0.3, 0.4) is 0 Å². The molecule has 6 nitrogen and oxygen atoms in total. The predicted octanol–water partition coefficient (Wildman–Crippen LogP) is 15.6.